The highest BCUT2D eigenvalue weighted by molar-refractivity contribution is 6.13. The number of carbonyl (C=O) groups is 1. The summed E-state index contributed by atoms with van der Waals surface area (Å²) in [6.45, 7) is 1.49. The van der Waals surface area contributed by atoms with Crippen LogP contribution in [0.2, 0.25) is 0 Å². The van der Waals surface area contributed by atoms with Gasteiger partial charge in [0.15, 0.2) is 5.82 Å². The number of ether oxygens (including phenoxy) is 2. The molecule has 0 radical (unpaired) electrons. The fourth-order valence-electron chi connectivity index (χ4n) is 2.52. The Bertz CT molecular complexity index is 538. The number of aromatic nitrogens is 1. The van der Waals surface area contributed by atoms with Crippen molar-refractivity contribution in [3.8, 4) is 5.88 Å². The highest BCUT2D eigenvalue weighted by Crippen LogP contribution is 2.26. The van der Waals surface area contributed by atoms with E-state index in [9.17, 15) is 4.79 Å². The second-order valence-corrected chi connectivity index (χ2v) is 4.90. The maximum absolute atomic E-state index is 12.1. The van der Waals surface area contributed by atoms with Gasteiger partial charge in [0.25, 0.3) is 5.91 Å². The summed E-state index contributed by atoms with van der Waals surface area (Å²) in [5.74, 6) is 1.30. The summed E-state index contributed by atoms with van der Waals surface area (Å²) in [6.07, 6.45) is 2.25. The summed E-state index contributed by atoms with van der Waals surface area (Å²) in [6, 6.07) is 5.31. The zero-order valence-corrected chi connectivity index (χ0v) is 11.4. The standard InChI is InChI=1S/C14H17N3O3/c1-19-13-4-2-3-12(15-13)17-14(18)9-11(16-17)10-5-7-20-8-6-10/h2-4,10H,5-9H2,1H3. The molecule has 20 heavy (non-hydrogen) atoms. The Labute approximate surface area is 117 Å². The number of hydrazone groups is 1. The smallest absolute Gasteiger partial charge is 0.254 e. The van der Waals surface area contributed by atoms with E-state index in [1.807, 2.05) is 0 Å². The summed E-state index contributed by atoms with van der Waals surface area (Å²) < 4.78 is 10.4. The van der Waals surface area contributed by atoms with Crippen molar-refractivity contribution in [2.75, 3.05) is 25.3 Å². The minimum Gasteiger partial charge on any atom is -0.481 e. The molecule has 1 aromatic rings. The molecule has 2 aliphatic rings. The first-order valence-corrected chi connectivity index (χ1v) is 6.77. The average molecular weight is 275 g/mol. The Balaban J connectivity index is 1.82. The SMILES string of the molecule is COc1cccc(N2N=C(C3CCOCC3)CC2=O)n1. The third kappa shape index (κ3) is 2.51. The number of carbonyl (C=O) groups excluding carboxylic acids is 1. The number of rotatable bonds is 3. The maximum Gasteiger partial charge on any atom is 0.254 e. The van der Waals surface area contributed by atoms with Crippen LogP contribution < -0.4 is 9.75 Å². The molecule has 0 saturated carbocycles. The molecule has 6 nitrogen and oxygen atoms in total. The molecule has 0 atom stereocenters. The van der Waals surface area contributed by atoms with E-state index in [0.29, 0.717) is 24.0 Å². The van der Waals surface area contributed by atoms with Crippen molar-refractivity contribution in [2.24, 2.45) is 11.0 Å². The molecule has 2 aliphatic heterocycles. The predicted octanol–water partition coefficient (Wildman–Crippen LogP) is 1.61. The summed E-state index contributed by atoms with van der Waals surface area (Å²) in [7, 11) is 1.55. The molecular formula is C14H17N3O3. The maximum atomic E-state index is 12.1. The van der Waals surface area contributed by atoms with Gasteiger partial charge < -0.3 is 9.47 Å². The van der Waals surface area contributed by atoms with E-state index in [-0.39, 0.29) is 5.91 Å². The fraction of sp³-hybridized carbons (Fsp3) is 0.500. The van der Waals surface area contributed by atoms with Gasteiger partial charge in [0.2, 0.25) is 5.88 Å². The van der Waals surface area contributed by atoms with Gasteiger partial charge in [0.1, 0.15) is 0 Å². The Kier molecular flexibility index (Phi) is 3.64. The van der Waals surface area contributed by atoms with Crippen LogP contribution in [0.4, 0.5) is 5.82 Å². The van der Waals surface area contributed by atoms with E-state index < -0.39 is 0 Å². The van der Waals surface area contributed by atoms with Crippen LogP contribution in [0, 0.1) is 5.92 Å². The molecule has 6 heteroatoms. The molecule has 106 valence electrons. The van der Waals surface area contributed by atoms with Gasteiger partial charge in [-0.25, -0.2) is 0 Å². The van der Waals surface area contributed by atoms with Crippen LogP contribution in [0.15, 0.2) is 23.3 Å². The first-order chi connectivity index (χ1) is 9.78. The van der Waals surface area contributed by atoms with Crippen LogP contribution in [0.1, 0.15) is 19.3 Å². The number of nitrogens with zero attached hydrogens (tertiary/aromatic N) is 3. The number of anilines is 1. The van der Waals surface area contributed by atoms with Crippen molar-refractivity contribution in [1.82, 2.24) is 4.98 Å². The Morgan fingerprint density at radius 3 is 2.90 bits per heavy atom. The molecule has 0 spiro atoms. The molecule has 3 heterocycles. The molecule has 1 saturated heterocycles. The largest absolute Gasteiger partial charge is 0.481 e. The van der Waals surface area contributed by atoms with Gasteiger partial charge >= 0.3 is 0 Å². The minimum atomic E-state index is -0.0350. The van der Waals surface area contributed by atoms with Gasteiger partial charge in [-0.1, -0.05) is 6.07 Å². The van der Waals surface area contributed by atoms with Gasteiger partial charge in [-0.15, -0.1) is 0 Å². The highest BCUT2D eigenvalue weighted by atomic mass is 16.5. The second-order valence-electron chi connectivity index (χ2n) is 4.90. The van der Waals surface area contributed by atoms with Crippen molar-refractivity contribution < 1.29 is 14.3 Å². The molecule has 0 unspecified atom stereocenters. The topological polar surface area (TPSA) is 64.0 Å². The lowest BCUT2D eigenvalue weighted by Gasteiger charge is -2.21. The molecule has 0 N–H and O–H groups in total. The molecular weight excluding hydrogens is 258 g/mol. The molecule has 0 aromatic carbocycles. The number of methoxy groups -OCH3 is 1. The van der Waals surface area contributed by atoms with E-state index in [0.717, 1.165) is 31.8 Å². The number of pyridine rings is 1. The van der Waals surface area contributed by atoms with Gasteiger partial charge in [0, 0.05) is 25.2 Å². The number of hydrogen-bond acceptors (Lipinski definition) is 5. The van der Waals surface area contributed by atoms with Gasteiger partial charge in [-0.05, 0) is 18.9 Å². The Hall–Kier alpha value is -1.95. The molecule has 1 fully saturated rings. The number of amides is 1. The molecule has 3 rings (SSSR count). The highest BCUT2D eigenvalue weighted by Gasteiger charge is 2.31. The number of hydrogen-bond donors (Lipinski definition) is 0. The van der Waals surface area contributed by atoms with Gasteiger partial charge in [-0.3, -0.25) is 4.79 Å². The van der Waals surface area contributed by atoms with Gasteiger partial charge in [0.05, 0.1) is 19.2 Å². The summed E-state index contributed by atoms with van der Waals surface area (Å²) in [5.41, 5.74) is 0.947. The first kappa shape index (κ1) is 13.1. The molecule has 0 aliphatic carbocycles. The van der Waals surface area contributed by atoms with Gasteiger partial charge in [-0.2, -0.15) is 15.1 Å². The third-order valence-electron chi connectivity index (χ3n) is 3.62. The van der Waals surface area contributed by atoms with E-state index >= 15 is 0 Å². The van der Waals surface area contributed by atoms with E-state index in [1.165, 1.54) is 5.01 Å². The van der Waals surface area contributed by atoms with Crippen LogP contribution in [-0.2, 0) is 9.53 Å². The van der Waals surface area contributed by atoms with Crippen LogP contribution >= 0.6 is 0 Å². The van der Waals surface area contributed by atoms with Crippen LogP contribution in [0.5, 0.6) is 5.88 Å². The molecule has 0 bridgehead atoms. The monoisotopic (exact) mass is 275 g/mol. The zero-order chi connectivity index (χ0) is 13.9. The second kappa shape index (κ2) is 5.58. The van der Waals surface area contributed by atoms with E-state index in [2.05, 4.69) is 10.1 Å². The molecule has 1 amide bonds. The normalized spacial score (nSPS) is 20.1. The summed E-state index contributed by atoms with van der Waals surface area (Å²) in [5, 5.41) is 5.85. The van der Waals surface area contributed by atoms with Crippen LogP contribution in [0.25, 0.3) is 0 Å². The zero-order valence-electron chi connectivity index (χ0n) is 11.4. The lowest BCUT2D eigenvalue weighted by atomic mass is 9.93. The van der Waals surface area contributed by atoms with Crippen molar-refractivity contribution in [2.45, 2.75) is 19.3 Å². The van der Waals surface area contributed by atoms with Crippen molar-refractivity contribution in [1.29, 1.82) is 0 Å². The third-order valence-corrected chi connectivity index (χ3v) is 3.62. The quantitative estimate of drug-likeness (QED) is 0.840. The Morgan fingerprint density at radius 1 is 1.35 bits per heavy atom. The van der Waals surface area contributed by atoms with E-state index in [1.54, 1.807) is 25.3 Å². The van der Waals surface area contributed by atoms with Crippen molar-refractivity contribution in [3.63, 3.8) is 0 Å². The summed E-state index contributed by atoms with van der Waals surface area (Å²) in [4.78, 5) is 16.4. The summed E-state index contributed by atoms with van der Waals surface area (Å²) >= 11 is 0. The lowest BCUT2D eigenvalue weighted by Crippen LogP contribution is -2.23. The fourth-order valence-corrected chi connectivity index (χ4v) is 2.52. The van der Waals surface area contributed by atoms with Crippen molar-refractivity contribution >= 4 is 17.4 Å². The van der Waals surface area contributed by atoms with Crippen LogP contribution in [0.3, 0.4) is 0 Å². The predicted molar refractivity (Wildman–Crippen MR) is 73.9 cm³/mol. The molecule has 1 aromatic heterocycles. The lowest BCUT2D eigenvalue weighted by molar-refractivity contribution is -0.117. The van der Waals surface area contributed by atoms with E-state index in [4.69, 9.17) is 9.47 Å². The average Bonchev–Trinajstić information content (AvgIpc) is 2.90. The Morgan fingerprint density at radius 2 is 2.15 bits per heavy atom. The van der Waals surface area contributed by atoms with Crippen LogP contribution in [-0.4, -0.2) is 36.9 Å². The first-order valence-electron chi connectivity index (χ1n) is 6.77. The minimum absolute atomic E-state index is 0.0350. The van der Waals surface area contributed by atoms with Crippen molar-refractivity contribution in [3.05, 3.63) is 18.2 Å².